The van der Waals surface area contributed by atoms with Gasteiger partial charge in [0.1, 0.15) is 6.61 Å². The molecule has 1 N–H and O–H groups in total. The minimum Gasteiger partial charge on any atom is -0.448 e. The average Bonchev–Trinajstić information content (AvgIpc) is 3.05. The van der Waals surface area contributed by atoms with Gasteiger partial charge in [-0.3, -0.25) is 5.32 Å². The fourth-order valence-electron chi connectivity index (χ4n) is 3.53. The molecule has 4 rings (SSSR count). The average molecular weight is 367 g/mol. The highest BCUT2D eigenvalue weighted by Gasteiger charge is 2.28. The van der Waals surface area contributed by atoms with Crippen LogP contribution in [0, 0.1) is 0 Å². The smallest absolute Gasteiger partial charge is 0.411 e. The van der Waals surface area contributed by atoms with Gasteiger partial charge in [0.05, 0.1) is 0 Å². The molecule has 3 nitrogen and oxygen atoms in total. The maximum Gasteiger partial charge on any atom is 0.411 e. The van der Waals surface area contributed by atoms with Crippen LogP contribution in [0.1, 0.15) is 17.0 Å². The number of rotatable bonds is 3. The Morgan fingerprint density at radius 3 is 1.71 bits per heavy atom. The van der Waals surface area contributed by atoms with Crippen molar-refractivity contribution in [3.8, 4) is 11.1 Å². The number of benzene rings is 2. The summed E-state index contributed by atoms with van der Waals surface area (Å²) >= 11 is 0. The zero-order chi connectivity index (χ0) is 19.2. The van der Waals surface area contributed by atoms with Gasteiger partial charge in [-0.25, -0.2) is 4.79 Å². The van der Waals surface area contributed by atoms with Gasteiger partial charge < -0.3 is 4.74 Å². The first kappa shape index (κ1) is 17.8. The third kappa shape index (κ3) is 3.89. The molecule has 0 unspecified atom stereocenters. The van der Waals surface area contributed by atoms with Crippen LogP contribution in [0.25, 0.3) is 11.1 Å². The SMILES string of the molecule is O=C(Nc1ccccccccc1)OCC1c2ccccc2-c2ccccc21. The lowest BCUT2D eigenvalue weighted by atomic mass is 9.98. The van der Waals surface area contributed by atoms with Crippen LogP contribution >= 0.6 is 0 Å². The van der Waals surface area contributed by atoms with Gasteiger partial charge in [-0.2, -0.15) is 0 Å². The molecule has 1 amide bonds. The van der Waals surface area contributed by atoms with Gasteiger partial charge in [0.25, 0.3) is 0 Å². The van der Waals surface area contributed by atoms with E-state index in [0.717, 1.165) is 0 Å². The highest BCUT2D eigenvalue weighted by molar-refractivity contribution is 5.84. The minimum absolute atomic E-state index is 0.0553. The maximum absolute atomic E-state index is 12.4. The zero-order valence-corrected chi connectivity index (χ0v) is 15.4. The van der Waals surface area contributed by atoms with Crippen molar-refractivity contribution in [2.75, 3.05) is 11.9 Å². The summed E-state index contributed by atoms with van der Waals surface area (Å²) in [6, 6.07) is 33.6. The lowest BCUT2D eigenvalue weighted by Gasteiger charge is -2.14. The Balaban J connectivity index is 1.49. The lowest BCUT2D eigenvalue weighted by molar-refractivity contribution is 0.158. The van der Waals surface area contributed by atoms with E-state index in [0.29, 0.717) is 12.3 Å². The molecule has 0 saturated heterocycles. The van der Waals surface area contributed by atoms with Gasteiger partial charge in [-0.05, 0) is 34.4 Å². The summed E-state index contributed by atoms with van der Waals surface area (Å²) in [6.07, 6.45) is -0.456. The second kappa shape index (κ2) is 8.40. The molecular formula is C25H21NO2. The van der Waals surface area contributed by atoms with Gasteiger partial charge in [-0.15, -0.1) is 0 Å². The predicted molar refractivity (Wildman–Crippen MR) is 113 cm³/mol. The molecule has 0 radical (unpaired) electrons. The number of fused-ring (bicyclic) bond motifs is 3. The molecule has 0 bridgehead atoms. The van der Waals surface area contributed by atoms with Gasteiger partial charge in [0, 0.05) is 11.6 Å². The van der Waals surface area contributed by atoms with E-state index >= 15 is 0 Å². The molecule has 0 atom stereocenters. The van der Waals surface area contributed by atoms with Crippen molar-refractivity contribution in [3.63, 3.8) is 0 Å². The normalized spacial score (nSPS) is 11.7. The van der Waals surface area contributed by atoms with Crippen LogP contribution in [0.3, 0.4) is 0 Å². The molecule has 3 heteroatoms. The number of nitrogens with one attached hydrogen (secondary N) is 1. The molecule has 1 aliphatic carbocycles. The molecule has 0 aromatic heterocycles. The predicted octanol–water partition coefficient (Wildman–Crippen LogP) is 6.17. The molecule has 3 aromatic rings. The molecule has 1 aliphatic rings. The van der Waals surface area contributed by atoms with E-state index < -0.39 is 6.09 Å². The van der Waals surface area contributed by atoms with Crippen LogP contribution in [-0.2, 0) is 4.74 Å². The van der Waals surface area contributed by atoms with E-state index in [1.807, 2.05) is 78.9 Å². The molecular weight excluding hydrogens is 346 g/mol. The van der Waals surface area contributed by atoms with E-state index in [1.54, 1.807) is 0 Å². The quantitative estimate of drug-likeness (QED) is 0.601. The number of carbonyl (C=O) groups excluding carboxylic acids is 1. The van der Waals surface area contributed by atoms with Gasteiger partial charge in [0.15, 0.2) is 0 Å². The van der Waals surface area contributed by atoms with Crippen LogP contribution in [0.2, 0.25) is 0 Å². The second-order valence-corrected chi connectivity index (χ2v) is 6.59. The summed E-state index contributed by atoms with van der Waals surface area (Å²) in [5.41, 5.74) is 5.52. The summed E-state index contributed by atoms with van der Waals surface area (Å²) in [4.78, 5) is 12.4. The number of ether oxygens (including phenoxy) is 1. The zero-order valence-electron chi connectivity index (χ0n) is 15.4. The monoisotopic (exact) mass is 367 g/mol. The number of hydrogen-bond donors (Lipinski definition) is 1. The molecule has 0 heterocycles. The number of anilines is 1. The first-order chi connectivity index (χ1) is 13.8. The van der Waals surface area contributed by atoms with Crippen LogP contribution in [0.5, 0.6) is 0 Å². The van der Waals surface area contributed by atoms with Gasteiger partial charge in [-0.1, -0.05) is 91.0 Å². The van der Waals surface area contributed by atoms with Crippen molar-refractivity contribution in [1.29, 1.82) is 0 Å². The van der Waals surface area contributed by atoms with Crippen molar-refractivity contribution in [3.05, 3.63) is 114 Å². The van der Waals surface area contributed by atoms with Crippen molar-refractivity contribution in [2.24, 2.45) is 0 Å². The standard InChI is InChI=1S/C25H21NO2/c27-25(26-19-12-6-4-2-1-3-5-7-13-19)28-18-24-22-16-10-8-14-20(22)21-15-9-11-17-23(21)24/h1-17,24H,18H2,(H,26,27). The molecule has 0 fully saturated rings. The Morgan fingerprint density at radius 1 is 0.679 bits per heavy atom. The van der Waals surface area contributed by atoms with Crippen molar-refractivity contribution < 1.29 is 9.53 Å². The summed E-state index contributed by atoms with van der Waals surface area (Å²) in [5.74, 6) is 0.0553. The number of amides is 1. The number of carbonyl (C=O) groups is 1. The second-order valence-electron chi connectivity index (χ2n) is 6.59. The van der Waals surface area contributed by atoms with Crippen LogP contribution < -0.4 is 5.32 Å². The van der Waals surface area contributed by atoms with E-state index in [-0.39, 0.29) is 5.92 Å². The topological polar surface area (TPSA) is 38.3 Å². The van der Waals surface area contributed by atoms with E-state index in [2.05, 4.69) is 29.6 Å². The summed E-state index contributed by atoms with van der Waals surface area (Å²) in [5, 5.41) is 2.81. The van der Waals surface area contributed by atoms with Crippen molar-refractivity contribution in [2.45, 2.75) is 5.92 Å². The third-order valence-electron chi connectivity index (χ3n) is 4.81. The van der Waals surface area contributed by atoms with Gasteiger partial charge in [0.2, 0.25) is 0 Å². The van der Waals surface area contributed by atoms with E-state index in [1.165, 1.54) is 22.3 Å². The Morgan fingerprint density at radius 2 is 1.14 bits per heavy atom. The van der Waals surface area contributed by atoms with Crippen LogP contribution in [0.15, 0.2) is 103 Å². The highest BCUT2D eigenvalue weighted by Crippen LogP contribution is 2.44. The Labute approximate surface area is 165 Å². The summed E-state index contributed by atoms with van der Waals surface area (Å²) in [6.45, 7) is 0.301. The third-order valence-corrected chi connectivity index (χ3v) is 4.81. The van der Waals surface area contributed by atoms with E-state index in [9.17, 15) is 4.79 Å². The first-order valence-electron chi connectivity index (χ1n) is 9.33. The highest BCUT2D eigenvalue weighted by atomic mass is 16.5. The Bertz CT molecular complexity index is 973. The molecule has 0 aliphatic heterocycles. The van der Waals surface area contributed by atoms with Crippen LogP contribution in [-0.4, -0.2) is 12.7 Å². The molecule has 0 spiro atoms. The fraction of sp³-hybridized carbons (Fsp3) is 0.0800. The maximum atomic E-state index is 12.4. The number of hydrogen-bond acceptors (Lipinski definition) is 2. The largest absolute Gasteiger partial charge is 0.448 e. The molecule has 3 aromatic carbocycles. The van der Waals surface area contributed by atoms with Crippen molar-refractivity contribution >= 4 is 11.8 Å². The summed E-state index contributed by atoms with van der Waals surface area (Å²) in [7, 11) is 0. The first-order valence-corrected chi connectivity index (χ1v) is 9.33. The lowest BCUT2D eigenvalue weighted by Crippen LogP contribution is -2.17. The summed E-state index contributed by atoms with van der Waals surface area (Å²) < 4.78 is 5.59. The van der Waals surface area contributed by atoms with Crippen molar-refractivity contribution in [1.82, 2.24) is 0 Å². The van der Waals surface area contributed by atoms with E-state index in [4.69, 9.17) is 4.74 Å². The minimum atomic E-state index is -0.456. The molecule has 0 saturated carbocycles. The fourth-order valence-corrected chi connectivity index (χ4v) is 3.53. The Kier molecular flexibility index (Phi) is 5.34. The Hall–Kier alpha value is -3.59. The molecule has 28 heavy (non-hydrogen) atoms. The molecule has 138 valence electrons. The van der Waals surface area contributed by atoms with Crippen LogP contribution in [0.4, 0.5) is 10.5 Å². The van der Waals surface area contributed by atoms with Gasteiger partial charge >= 0.3 is 6.09 Å².